The van der Waals surface area contributed by atoms with E-state index in [1.807, 2.05) is 42.5 Å². The molecule has 0 radical (unpaired) electrons. The van der Waals surface area contributed by atoms with Gasteiger partial charge in [0, 0.05) is 12.1 Å². The summed E-state index contributed by atoms with van der Waals surface area (Å²) < 4.78 is 5.62. The van der Waals surface area contributed by atoms with Gasteiger partial charge in [-0.15, -0.1) is 0 Å². The Kier molecular flexibility index (Phi) is 5.37. The number of fused-ring (bicyclic) bond motifs is 1. The molecule has 1 unspecified atom stereocenters. The van der Waals surface area contributed by atoms with Crippen molar-refractivity contribution in [2.45, 2.75) is 31.9 Å². The van der Waals surface area contributed by atoms with Gasteiger partial charge < -0.3 is 9.52 Å². The predicted molar refractivity (Wildman–Crippen MR) is 107 cm³/mol. The lowest BCUT2D eigenvalue weighted by Gasteiger charge is -2.34. The lowest BCUT2D eigenvalue weighted by Crippen LogP contribution is -2.38. The van der Waals surface area contributed by atoms with Crippen molar-refractivity contribution in [2.24, 2.45) is 5.92 Å². The number of rotatable bonds is 5. The van der Waals surface area contributed by atoms with Gasteiger partial charge in [-0.25, -0.2) is 0 Å². The highest BCUT2D eigenvalue weighted by atomic mass is 16.3. The van der Waals surface area contributed by atoms with E-state index in [0.29, 0.717) is 35.4 Å². The molecule has 1 saturated heterocycles. The maximum absolute atomic E-state index is 12.7. The topological polar surface area (TPSA) is 53.7 Å². The molecule has 140 valence electrons. The summed E-state index contributed by atoms with van der Waals surface area (Å²) in [5.74, 6) is 0.314. The average Bonchev–Trinajstić information content (AvgIpc) is 2.71. The molecule has 2 aromatic carbocycles. The molecular formula is C23H25NO3. The third-order valence-electron chi connectivity index (χ3n) is 5.61. The highest BCUT2D eigenvalue weighted by Gasteiger charge is 2.26. The second kappa shape index (κ2) is 8.07. The number of hydrogen-bond acceptors (Lipinski definition) is 4. The quantitative estimate of drug-likeness (QED) is 0.752. The number of benzene rings is 2. The third-order valence-corrected chi connectivity index (χ3v) is 5.61. The van der Waals surface area contributed by atoms with Crippen molar-refractivity contribution in [2.75, 3.05) is 13.1 Å². The van der Waals surface area contributed by atoms with E-state index in [0.717, 1.165) is 25.9 Å². The van der Waals surface area contributed by atoms with E-state index in [-0.39, 0.29) is 11.5 Å². The number of likely N-dealkylation sites (tertiary alicyclic amines) is 1. The monoisotopic (exact) mass is 363 g/mol. The van der Waals surface area contributed by atoms with Crippen molar-refractivity contribution in [1.82, 2.24) is 4.90 Å². The van der Waals surface area contributed by atoms with E-state index in [1.165, 1.54) is 5.56 Å². The number of nitrogens with zero attached hydrogens (tertiary/aromatic N) is 1. The summed E-state index contributed by atoms with van der Waals surface area (Å²) in [5.41, 5.74) is 2.58. The minimum Gasteiger partial charge on any atom is -0.464 e. The number of hydrogen-bond donors (Lipinski definition) is 1. The van der Waals surface area contributed by atoms with Gasteiger partial charge in [0.15, 0.2) is 5.43 Å². The SMILES string of the molecule is O=c1c(CN2CCC(C(O)Cc3ccccc3)CC2)coc2ccccc12. The molecule has 4 heteroatoms. The highest BCUT2D eigenvalue weighted by molar-refractivity contribution is 5.76. The van der Waals surface area contributed by atoms with Gasteiger partial charge in [-0.05, 0) is 56.0 Å². The Morgan fingerprint density at radius 2 is 1.74 bits per heavy atom. The molecule has 27 heavy (non-hydrogen) atoms. The van der Waals surface area contributed by atoms with Gasteiger partial charge in [-0.2, -0.15) is 0 Å². The minimum atomic E-state index is -0.305. The number of aliphatic hydroxyl groups is 1. The summed E-state index contributed by atoms with van der Waals surface area (Å²) >= 11 is 0. The van der Waals surface area contributed by atoms with E-state index in [9.17, 15) is 9.90 Å². The van der Waals surface area contributed by atoms with Crippen LogP contribution in [0.5, 0.6) is 0 Å². The van der Waals surface area contributed by atoms with Crippen LogP contribution in [0, 0.1) is 5.92 Å². The van der Waals surface area contributed by atoms with Gasteiger partial charge in [0.1, 0.15) is 5.58 Å². The largest absolute Gasteiger partial charge is 0.464 e. The molecular weight excluding hydrogens is 338 g/mol. The molecule has 1 fully saturated rings. The maximum atomic E-state index is 12.7. The second-order valence-electron chi connectivity index (χ2n) is 7.46. The van der Waals surface area contributed by atoms with Crippen molar-refractivity contribution < 1.29 is 9.52 Å². The average molecular weight is 363 g/mol. The summed E-state index contributed by atoms with van der Waals surface area (Å²) in [7, 11) is 0. The third kappa shape index (κ3) is 4.12. The standard InChI is InChI=1S/C23H25NO3/c25-21(14-17-6-2-1-3-7-17)18-10-12-24(13-11-18)15-19-16-27-22-9-5-4-8-20(22)23(19)26/h1-9,16,18,21,25H,10-15H2. The zero-order valence-electron chi connectivity index (χ0n) is 15.4. The van der Waals surface area contributed by atoms with Crippen LogP contribution in [-0.4, -0.2) is 29.2 Å². The second-order valence-corrected chi connectivity index (χ2v) is 7.46. The van der Waals surface area contributed by atoms with Gasteiger partial charge in [0.05, 0.1) is 17.8 Å². The van der Waals surface area contributed by atoms with Gasteiger partial charge in [-0.3, -0.25) is 9.69 Å². The van der Waals surface area contributed by atoms with Crippen molar-refractivity contribution >= 4 is 11.0 Å². The van der Waals surface area contributed by atoms with Crippen LogP contribution in [0.25, 0.3) is 11.0 Å². The fourth-order valence-corrected chi connectivity index (χ4v) is 3.99. The van der Waals surface area contributed by atoms with E-state index in [4.69, 9.17) is 4.42 Å². The Morgan fingerprint density at radius 3 is 2.52 bits per heavy atom. The summed E-state index contributed by atoms with van der Waals surface area (Å²) in [6.45, 7) is 2.39. The van der Waals surface area contributed by atoms with Gasteiger partial charge in [0.25, 0.3) is 0 Å². The van der Waals surface area contributed by atoms with Crippen LogP contribution in [0.3, 0.4) is 0 Å². The lowest BCUT2D eigenvalue weighted by molar-refractivity contribution is 0.0574. The van der Waals surface area contributed by atoms with Crippen LogP contribution in [-0.2, 0) is 13.0 Å². The number of piperidine rings is 1. The molecule has 1 N–H and O–H groups in total. The molecule has 1 aliphatic rings. The summed E-state index contributed by atoms with van der Waals surface area (Å²) in [6, 6.07) is 17.5. The summed E-state index contributed by atoms with van der Waals surface area (Å²) in [5, 5.41) is 11.2. The first-order valence-electron chi connectivity index (χ1n) is 9.64. The van der Waals surface area contributed by atoms with Gasteiger partial charge >= 0.3 is 0 Å². The van der Waals surface area contributed by atoms with Crippen LogP contribution < -0.4 is 5.43 Å². The van der Waals surface area contributed by atoms with E-state index >= 15 is 0 Å². The minimum absolute atomic E-state index is 0.0584. The lowest BCUT2D eigenvalue weighted by atomic mass is 9.88. The van der Waals surface area contributed by atoms with E-state index in [2.05, 4.69) is 17.0 Å². The summed E-state index contributed by atoms with van der Waals surface area (Å²) in [6.07, 6.45) is 3.90. The Bertz CT molecular complexity index is 942. The fraction of sp³-hybridized carbons (Fsp3) is 0.348. The summed E-state index contributed by atoms with van der Waals surface area (Å²) in [4.78, 5) is 14.9. The van der Waals surface area contributed by atoms with Crippen LogP contribution in [0.1, 0.15) is 24.0 Å². The molecule has 2 heterocycles. The van der Waals surface area contributed by atoms with Crippen LogP contribution in [0.4, 0.5) is 0 Å². The molecule has 4 rings (SSSR count). The number of aliphatic hydroxyl groups excluding tert-OH is 1. The Labute approximate surface area is 159 Å². The van der Waals surface area contributed by atoms with Gasteiger partial charge in [-0.1, -0.05) is 42.5 Å². The molecule has 0 saturated carbocycles. The van der Waals surface area contributed by atoms with Crippen LogP contribution in [0.2, 0.25) is 0 Å². The zero-order valence-corrected chi connectivity index (χ0v) is 15.4. The van der Waals surface area contributed by atoms with Crippen molar-refractivity contribution in [3.8, 4) is 0 Å². The Balaban J connectivity index is 1.36. The van der Waals surface area contributed by atoms with E-state index < -0.39 is 0 Å². The molecule has 1 aromatic heterocycles. The highest BCUT2D eigenvalue weighted by Crippen LogP contribution is 2.24. The molecule has 0 spiro atoms. The maximum Gasteiger partial charge on any atom is 0.197 e. The fourth-order valence-electron chi connectivity index (χ4n) is 3.99. The zero-order chi connectivity index (χ0) is 18.6. The van der Waals surface area contributed by atoms with Crippen LogP contribution >= 0.6 is 0 Å². The molecule has 1 atom stereocenters. The molecule has 0 amide bonds. The van der Waals surface area contributed by atoms with Crippen LogP contribution in [0.15, 0.2) is 70.1 Å². The normalized spacial score (nSPS) is 17.2. The van der Waals surface area contributed by atoms with E-state index in [1.54, 1.807) is 6.26 Å². The molecule has 0 bridgehead atoms. The molecule has 3 aromatic rings. The number of para-hydroxylation sites is 1. The molecule has 4 nitrogen and oxygen atoms in total. The first kappa shape index (κ1) is 18.0. The first-order valence-corrected chi connectivity index (χ1v) is 9.64. The smallest absolute Gasteiger partial charge is 0.197 e. The Hall–Kier alpha value is -2.43. The Morgan fingerprint density at radius 1 is 1.04 bits per heavy atom. The van der Waals surface area contributed by atoms with Crippen molar-refractivity contribution in [3.05, 3.63) is 82.2 Å². The molecule has 1 aliphatic heterocycles. The first-order chi connectivity index (χ1) is 13.2. The predicted octanol–water partition coefficient (Wildman–Crippen LogP) is 3.61. The van der Waals surface area contributed by atoms with Crippen molar-refractivity contribution in [3.63, 3.8) is 0 Å². The van der Waals surface area contributed by atoms with Gasteiger partial charge in [0.2, 0.25) is 0 Å². The molecule has 0 aliphatic carbocycles. The van der Waals surface area contributed by atoms with Crippen molar-refractivity contribution in [1.29, 1.82) is 0 Å².